The van der Waals surface area contributed by atoms with E-state index in [2.05, 4.69) is 59.0 Å². The summed E-state index contributed by atoms with van der Waals surface area (Å²) in [4.78, 5) is 3.58. The summed E-state index contributed by atoms with van der Waals surface area (Å²) in [6, 6.07) is 10.7. The topological polar surface area (TPSA) is 41.8 Å². The Morgan fingerprint density at radius 1 is 1.12 bits per heavy atom. The van der Waals surface area contributed by atoms with E-state index < -0.39 is 0 Å². The summed E-state index contributed by atoms with van der Waals surface area (Å²) in [6.45, 7) is 5.01. The van der Waals surface area contributed by atoms with Crippen LogP contribution in [0.15, 0.2) is 34.8 Å². The first-order valence-corrected chi connectivity index (χ1v) is 9.45. The van der Waals surface area contributed by atoms with Gasteiger partial charge in [0.1, 0.15) is 0 Å². The Kier molecular flexibility index (Phi) is 5.33. The molecule has 0 bridgehead atoms. The van der Waals surface area contributed by atoms with Crippen LogP contribution < -0.4 is 5.73 Å². The molecule has 0 amide bonds. The Hall–Kier alpha value is -1.29. The second-order valence-electron chi connectivity index (χ2n) is 6.35. The molecule has 1 aromatic heterocycles. The normalized spacial score (nSPS) is 11.4. The highest BCUT2D eigenvalue weighted by Gasteiger charge is 2.17. The Balaban J connectivity index is 2.21. The van der Waals surface area contributed by atoms with E-state index >= 15 is 0 Å². The highest BCUT2D eigenvalue weighted by molar-refractivity contribution is 9.10. The predicted octanol–water partition coefficient (Wildman–Crippen LogP) is 6.15. The second-order valence-corrected chi connectivity index (χ2v) is 7.68. The molecule has 24 heavy (non-hydrogen) atoms. The number of fused-ring (bicyclic) bond motifs is 1. The van der Waals surface area contributed by atoms with Gasteiger partial charge in [-0.1, -0.05) is 51.3 Å². The number of unbranched alkanes of at least 4 members (excludes halogenated alkanes) is 1. The molecule has 0 unspecified atom stereocenters. The first-order chi connectivity index (χ1) is 11.5. The van der Waals surface area contributed by atoms with Gasteiger partial charge in [-0.25, -0.2) is 0 Å². The largest absolute Gasteiger partial charge is 0.353 e. The van der Waals surface area contributed by atoms with E-state index in [4.69, 9.17) is 17.3 Å². The number of hydrogen-bond acceptors (Lipinski definition) is 1. The number of aromatic amines is 1. The first kappa shape index (κ1) is 17.5. The molecule has 0 fully saturated rings. The number of halogens is 2. The van der Waals surface area contributed by atoms with Crippen molar-refractivity contribution in [3.8, 4) is 11.3 Å². The van der Waals surface area contributed by atoms with Gasteiger partial charge in [-0.15, -0.1) is 0 Å². The molecule has 2 nitrogen and oxygen atoms in total. The van der Waals surface area contributed by atoms with E-state index in [1.807, 2.05) is 6.07 Å². The zero-order chi connectivity index (χ0) is 17.3. The number of hydrogen-bond donors (Lipinski definition) is 2. The predicted molar refractivity (Wildman–Crippen MR) is 108 cm³/mol. The van der Waals surface area contributed by atoms with E-state index in [1.165, 1.54) is 33.3 Å². The van der Waals surface area contributed by atoms with E-state index in [1.54, 1.807) is 0 Å². The highest BCUT2D eigenvalue weighted by atomic mass is 79.9. The summed E-state index contributed by atoms with van der Waals surface area (Å²) in [6.07, 6.45) is 3.10. The summed E-state index contributed by atoms with van der Waals surface area (Å²) in [5, 5.41) is 1.94. The summed E-state index contributed by atoms with van der Waals surface area (Å²) in [5.41, 5.74) is 13.0. The molecule has 2 aromatic carbocycles. The monoisotopic (exact) mass is 404 g/mol. The Morgan fingerprint density at radius 3 is 2.62 bits per heavy atom. The zero-order valence-electron chi connectivity index (χ0n) is 14.0. The standard InChI is InChI=1S/C20H22BrClN2/c1-12-6-7-15(13(2)9-12)19-16(5-3-4-8-23)17-10-14(21)11-18(22)20(17)24-19/h6-7,9-11,24H,3-5,8,23H2,1-2H3. The lowest BCUT2D eigenvalue weighted by molar-refractivity contribution is 0.748. The van der Waals surface area contributed by atoms with Gasteiger partial charge in [-0.3, -0.25) is 0 Å². The maximum absolute atomic E-state index is 6.48. The number of benzene rings is 2. The van der Waals surface area contributed by atoms with Gasteiger partial charge < -0.3 is 10.7 Å². The fourth-order valence-electron chi connectivity index (χ4n) is 3.30. The van der Waals surface area contributed by atoms with Gasteiger partial charge in [0.05, 0.1) is 10.5 Å². The number of aromatic nitrogens is 1. The number of nitrogens with one attached hydrogen (secondary N) is 1. The Labute approximate surface area is 156 Å². The second kappa shape index (κ2) is 7.30. The molecule has 1 heterocycles. The van der Waals surface area contributed by atoms with Crippen molar-refractivity contribution in [2.75, 3.05) is 6.54 Å². The molecule has 0 spiro atoms. The van der Waals surface area contributed by atoms with Gasteiger partial charge >= 0.3 is 0 Å². The molecule has 3 rings (SSSR count). The maximum atomic E-state index is 6.48. The summed E-state index contributed by atoms with van der Waals surface area (Å²) in [5.74, 6) is 0. The van der Waals surface area contributed by atoms with Crippen molar-refractivity contribution in [1.29, 1.82) is 0 Å². The quantitative estimate of drug-likeness (QED) is 0.491. The fourth-order valence-corrected chi connectivity index (χ4v) is 4.16. The SMILES string of the molecule is Cc1ccc(-c2[nH]c3c(Cl)cc(Br)cc3c2CCCCN)c(C)c1. The zero-order valence-corrected chi connectivity index (χ0v) is 16.4. The molecular formula is C20H22BrClN2. The van der Waals surface area contributed by atoms with E-state index in [0.29, 0.717) is 0 Å². The average molecular weight is 406 g/mol. The number of rotatable bonds is 5. The van der Waals surface area contributed by atoms with Crippen LogP contribution in [0.3, 0.4) is 0 Å². The Bertz CT molecular complexity index is 883. The number of H-pyrrole nitrogens is 1. The van der Waals surface area contributed by atoms with Crippen LogP contribution in [0.2, 0.25) is 5.02 Å². The summed E-state index contributed by atoms with van der Waals surface area (Å²) < 4.78 is 1.01. The molecule has 0 atom stereocenters. The fraction of sp³-hybridized carbons (Fsp3) is 0.300. The molecule has 0 saturated carbocycles. The summed E-state index contributed by atoms with van der Waals surface area (Å²) in [7, 11) is 0. The molecule has 4 heteroatoms. The van der Waals surface area contributed by atoms with Crippen LogP contribution in [0.25, 0.3) is 22.2 Å². The lowest BCUT2D eigenvalue weighted by atomic mass is 9.97. The Morgan fingerprint density at radius 2 is 1.92 bits per heavy atom. The third-order valence-corrected chi connectivity index (χ3v) is 5.22. The van der Waals surface area contributed by atoms with Crippen LogP contribution >= 0.6 is 27.5 Å². The lowest BCUT2D eigenvalue weighted by Crippen LogP contribution is -1.99. The molecule has 3 N–H and O–H groups in total. The van der Waals surface area contributed by atoms with Crippen LogP contribution in [-0.4, -0.2) is 11.5 Å². The van der Waals surface area contributed by atoms with Crippen molar-refractivity contribution in [2.24, 2.45) is 5.73 Å². The van der Waals surface area contributed by atoms with Gasteiger partial charge in [0.15, 0.2) is 0 Å². The van der Waals surface area contributed by atoms with Crippen LogP contribution in [0, 0.1) is 13.8 Å². The van der Waals surface area contributed by atoms with Crippen LogP contribution in [0.1, 0.15) is 29.5 Å². The molecule has 0 saturated heterocycles. The summed E-state index contributed by atoms with van der Waals surface area (Å²) >= 11 is 10.1. The van der Waals surface area contributed by atoms with Crippen LogP contribution in [-0.2, 0) is 6.42 Å². The molecular weight excluding hydrogens is 384 g/mol. The molecule has 0 radical (unpaired) electrons. The smallest absolute Gasteiger partial charge is 0.0658 e. The van der Waals surface area contributed by atoms with E-state index in [0.717, 1.165) is 40.8 Å². The van der Waals surface area contributed by atoms with Crippen molar-refractivity contribution in [2.45, 2.75) is 33.1 Å². The van der Waals surface area contributed by atoms with Crippen molar-refractivity contribution in [3.05, 3.63) is 56.5 Å². The average Bonchev–Trinajstić information content (AvgIpc) is 2.86. The molecule has 3 aromatic rings. The van der Waals surface area contributed by atoms with Gasteiger partial charge in [0.2, 0.25) is 0 Å². The minimum atomic E-state index is 0.728. The number of aryl methyl sites for hydroxylation is 3. The van der Waals surface area contributed by atoms with Gasteiger partial charge in [0, 0.05) is 21.1 Å². The third-order valence-electron chi connectivity index (χ3n) is 4.46. The van der Waals surface area contributed by atoms with Crippen LogP contribution in [0.5, 0.6) is 0 Å². The number of nitrogens with two attached hydrogens (primary N) is 1. The molecule has 0 aliphatic heterocycles. The van der Waals surface area contributed by atoms with Gasteiger partial charge in [-0.2, -0.15) is 0 Å². The van der Waals surface area contributed by atoms with Crippen molar-refractivity contribution in [1.82, 2.24) is 4.98 Å². The third kappa shape index (κ3) is 3.39. The lowest BCUT2D eigenvalue weighted by Gasteiger charge is -2.09. The van der Waals surface area contributed by atoms with Crippen molar-refractivity contribution in [3.63, 3.8) is 0 Å². The van der Waals surface area contributed by atoms with Gasteiger partial charge in [0.25, 0.3) is 0 Å². The van der Waals surface area contributed by atoms with Crippen molar-refractivity contribution < 1.29 is 0 Å². The van der Waals surface area contributed by atoms with Crippen LogP contribution in [0.4, 0.5) is 0 Å². The van der Waals surface area contributed by atoms with Crippen molar-refractivity contribution >= 4 is 38.4 Å². The molecule has 126 valence electrons. The minimum absolute atomic E-state index is 0.728. The highest BCUT2D eigenvalue weighted by Crippen LogP contribution is 2.37. The minimum Gasteiger partial charge on any atom is -0.353 e. The van der Waals surface area contributed by atoms with E-state index in [9.17, 15) is 0 Å². The van der Waals surface area contributed by atoms with E-state index in [-0.39, 0.29) is 0 Å². The maximum Gasteiger partial charge on any atom is 0.0658 e. The molecule has 0 aliphatic carbocycles. The first-order valence-electron chi connectivity index (χ1n) is 8.28. The van der Waals surface area contributed by atoms with Gasteiger partial charge in [-0.05, 0) is 62.9 Å². The molecule has 0 aliphatic rings.